The first kappa shape index (κ1) is 13.1. The Labute approximate surface area is 124 Å². The van der Waals surface area contributed by atoms with Crippen molar-refractivity contribution < 1.29 is 4.79 Å². The molecule has 0 fully saturated rings. The highest BCUT2D eigenvalue weighted by atomic mass is 32.1. The molecule has 0 saturated heterocycles. The summed E-state index contributed by atoms with van der Waals surface area (Å²) in [5.74, 6) is 0. The van der Waals surface area contributed by atoms with Crippen LogP contribution in [0.3, 0.4) is 0 Å². The van der Waals surface area contributed by atoms with E-state index >= 15 is 0 Å². The van der Waals surface area contributed by atoms with Gasteiger partial charge >= 0.3 is 0 Å². The van der Waals surface area contributed by atoms with Crippen molar-refractivity contribution in [2.75, 3.05) is 25.0 Å². The summed E-state index contributed by atoms with van der Waals surface area (Å²) >= 11 is 3.26. The Kier molecular flexibility index (Phi) is 3.43. The molecule has 1 aromatic carbocycles. The second-order valence-electron chi connectivity index (χ2n) is 4.58. The summed E-state index contributed by atoms with van der Waals surface area (Å²) in [5, 5.41) is 3.50. The monoisotopic (exact) mass is 300 g/mol. The van der Waals surface area contributed by atoms with E-state index in [1.807, 2.05) is 13.1 Å². The molecule has 3 rings (SSSR count). The Balaban J connectivity index is 2.03. The van der Waals surface area contributed by atoms with Gasteiger partial charge in [-0.25, -0.2) is 6.57 Å². The third kappa shape index (κ3) is 2.28. The van der Waals surface area contributed by atoms with Gasteiger partial charge in [0, 0.05) is 16.4 Å². The molecule has 2 aromatic heterocycles. The molecule has 3 nitrogen and oxygen atoms in total. The number of benzene rings is 1. The lowest BCUT2D eigenvalue weighted by Crippen LogP contribution is -2.18. The van der Waals surface area contributed by atoms with Crippen LogP contribution < -0.4 is 4.90 Å². The molecule has 5 heteroatoms. The molecule has 0 amide bonds. The van der Waals surface area contributed by atoms with E-state index in [2.05, 4.69) is 27.9 Å². The predicted molar refractivity (Wildman–Crippen MR) is 87.3 cm³/mol. The molecule has 0 aliphatic carbocycles. The maximum absolute atomic E-state index is 10.8. The van der Waals surface area contributed by atoms with Crippen molar-refractivity contribution >= 4 is 54.1 Å². The van der Waals surface area contributed by atoms with Gasteiger partial charge in [0.15, 0.2) is 6.29 Å². The van der Waals surface area contributed by atoms with Crippen molar-refractivity contribution in [3.8, 4) is 0 Å². The highest BCUT2D eigenvalue weighted by Crippen LogP contribution is 2.36. The first-order chi connectivity index (χ1) is 9.71. The molecule has 0 N–H and O–H groups in total. The summed E-state index contributed by atoms with van der Waals surface area (Å²) in [7, 11) is 2.02. The van der Waals surface area contributed by atoms with Crippen LogP contribution in [0.15, 0.2) is 24.3 Å². The SMILES string of the molecule is [C-]#[N+]CCN(C)c1cc2cc3cc(C=O)sc3cc2s1. The van der Waals surface area contributed by atoms with Gasteiger partial charge in [-0.3, -0.25) is 4.79 Å². The molecule has 2 heterocycles. The summed E-state index contributed by atoms with van der Waals surface area (Å²) < 4.78 is 2.37. The van der Waals surface area contributed by atoms with Gasteiger partial charge in [-0.1, -0.05) is 0 Å². The number of nitrogens with zero attached hydrogens (tertiary/aromatic N) is 2. The zero-order chi connectivity index (χ0) is 14.1. The lowest BCUT2D eigenvalue weighted by Gasteiger charge is -2.12. The quantitative estimate of drug-likeness (QED) is 0.530. The van der Waals surface area contributed by atoms with Crippen LogP contribution in [0, 0.1) is 6.57 Å². The number of fused-ring (bicyclic) bond motifs is 2. The van der Waals surface area contributed by atoms with Crippen LogP contribution in [0.25, 0.3) is 25.0 Å². The van der Waals surface area contributed by atoms with E-state index in [9.17, 15) is 4.79 Å². The fourth-order valence-corrected chi connectivity index (χ4v) is 4.18. The molecular formula is C15H12N2OS2. The minimum Gasteiger partial charge on any atom is -0.359 e. The van der Waals surface area contributed by atoms with Crippen molar-refractivity contribution in [2.45, 2.75) is 0 Å². The van der Waals surface area contributed by atoms with Crippen LogP contribution in [-0.4, -0.2) is 26.4 Å². The van der Waals surface area contributed by atoms with Crippen LogP contribution in [0.2, 0.25) is 0 Å². The van der Waals surface area contributed by atoms with Crippen LogP contribution in [0.1, 0.15) is 9.67 Å². The van der Waals surface area contributed by atoms with Crippen LogP contribution in [0.4, 0.5) is 5.00 Å². The van der Waals surface area contributed by atoms with Crippen molar-refractivity contribution in [3.63, 3.8) is 0 Å². The molecule has 0 unspecified atom stereocenters. The molecule has 3 aromatic rings. The molecule has 0 spiro atoms. The lowest BCUT2D eigenvalue weighted by atomic mass is 10.2. The average molecular weight is 300 g/mol. The number of hydrogen-bond acceptors (Lipinski definition) is 4. The summed E-state index contributed by atoms with van der Waals surface area (Å²) in [6.07, 6.45) is 0.905. The van der Waals surface area contributed by atoms with E-state index in [4.69, 9.17) is 6.57 Å². The fraction of sp³-hybridized carbons (Fsp3) is 0.200. The number of likely N-dealkylation sites (N-methyl/N-ethyl adjacent to an activating group) is 1. The number of rotatable bonds is 4. The Hall–Kier alpha value is -1.90. The van der Waals surface area contributed by atoms with E-state index in [0.717, 1.165) is 27.8 Å². The lowest BCUT2D eigenvalue weighted by molar-refractivity contribution is 0.112. The number of thiophene rings is 2. The zero-order valence-electron chi connectivity index (χ0n) is 10.9. The number of aldehydes is 1. The summed E-state index contributed by atoms with van der Waals surface area (Å²) in [5.41, 5.74) is 0. The summed E-state index contributed by atoms with van der Waals surface area (Å²) in [6.45, 7) is 8.12. The smallest absolute Gasteiger partial charge is 0.231 e. The van der Waals surface area contributed by atoms with E-state index < -0.39 is 0 Å². The normalized spacial score (nSPS) is 10.8. The van der Waals surface area contributed by atoms with Gasteiger partial charge in [0.05, 0.1) is 16.4 Å². The summed E-state index contributed by atoms with van der Waals surface area (Å²) in [6, 6.07) is 8.38. The standard InChI is InChI=1S/C15H12N2OS2/c1-16-3-4-17(2)15-7-11-5-10-6-12(9-18)19-13(10)8-14(11)20-15/h5-9H,3-4H2,2H3. The van der Waals surface area contributed by atoms with Gasteiger partial charge in [0.1, 0.15) is 0 Å². The second-order valence-corrected chi connectivity index (χ2v) is 6.76. The van der Waals surface area contributed by atoms with Gasteiger partial charge in [-0.05, 0) is 35.0 Å². The molecule has 0 radical (unpaired) electrons. The first-order valence-electron chi connectivity index (χ1n) is 6.18. The number of carbonyl (C=O) groups is 1. The van der Waals surface area contributed by atoms with Gasteiger partial charge in [0.2, 0.25) is 6.54 Å². The second kappa shape index (κ2) is 5.23. The van der Waals surface area contributed by atoms with Crippen LogP contribution >= 0.6 is 22.7 Å². The highest BCUT2D eigenvalue weighted by Gasteiger charge is 2.09. The van der Waals surface area contributed by atoms with Crippen LogP contribution in [0.5, 0.6) is 0 Å². The fourth-order valence-electron chi connectivity index (χ4n) is 2.14. The molecule has 0 aliphatic heterocycles. The number of carbonyl (C=O) groups excluding carboxylic acids is 1. The predicted octanol–water partition coefficient (Wildman–Crippen LogP) is 4.28. The van der Waals surface area contributed by atoms with E-state index in [1.54, 1.807) is 11.3 Å². The van der Waals surface area contributed by atoms with Crippen molar-refractivity contribution in [3.05, 3.63) is 40.6 Å². The van der Waals surface area contributed by atoms with Crippen LogP contribution in [-0.2, 0) is 0 Å². The highest BCUT2D eigenvalue weighted by molar-refractivity contribution is 7.24. The minimum absolute atomic E-state index is 0.516. The zero-order valence-corrected chi connectivity index (χ0v) is 12.6. The number of anilines is 1. The topological polar surface area (TPSA) is 24.7 Å². The summed E-state index contributed by atoms with van der Waals surface area (Å²) in [4.78, 5) is 17.1. The first-order valence-corrected chi connectivity index (χ1v) is 7.81. The Morgan fingerprint density at radius 1 is 1.20 bits per heavy atom. The molecule has 20 heavy (non-hydrogen) atoms. The third-order valence-electron chi connectivity index (χ3n) is 3.20. The van der Waals surface area contributed by atoms with Gasteiger partial charge in [0.25, 0.3) is 0 Å². The molecule has 0 bridgehead atoms. The maximum atomic E-state index is 10.8. The molecule has 0 aliphatic rings. The largest absolute Gasteiger partial charge is 0.359 e. The third-order valence-corrected chi connectivity index (χ3v) is 5.44. The van der Waals surface area contributed by atoms with Crippen molar-refractivity contribution in [2.24, 2.45) is 0 Å². The van der Waals surface area contributed by atoms with Gasteiger partial charge in [-0.15, -0.1) is 22.7 Å². The average Bonchev–Trinajstić information content (AvgIpc) is 3.04. The Morgan fingerprint density at radius 3 is 2.70 bits per heavy atom. The Morgan fingerprint density at radius 2 is 1.95 bits per heavy atom. The maximum Gasteiger partial charge on any atom is 0.231 e. The van der Waals surface area contributed by atoms with Crippen molar-refractivity contribution in [1.82, 2.24) is 0 Å². The minimum atomic E-state index is 0.516. The van der Waals surface area contributed by atoms with Gasteiger partial charge in [-0.2, -0.15) is 0 Å². The Bertz CT molecular complexity index is 774. The van der Waals surface area contributed by atoms with E-state index in [1.165, 1.54) is 26.4 Å². The molecule has 0 saturated carbocycles. The van der Waals surface area contributed by atoms with E-state index in [0.29, 0.717) is 6.54 Å². The van der Waals surface area contributed by atoms with Gasteiger partial charge < -0.3 is 9.74 Å². The molecule has 0 atom stereocenters. The molecular weight excluding hydrogens is 288 g/mol. The van der Waals surface area contributed by atoms with E-state index in [-0.39, 0.29) is 0 Å². The molecule has 100 valence electrons. The van der Waals surface area contributed by atoms with Crippen molar-refractivity contribution in [1.29, 1.82) is 0 Å². The number of hydrogen-bond donors (Lipinski definition) is 0.